The number of carbonyl (C=O) groups excluding carboxylic acids is 2. The number of nitrogens with zero attached hydrogens (tertiary/aromatic N) is 3. The molecule has 0 saturated heterocycles. The van der Waals surface area contributed by atoms with Crippen LogP contribution in [0.1, 0.15) is 35.3 Å². The Morgan fingerprint density at radius 1 is 1.23 bits per heavy atom. The molecule has 26 heavy (non-hydrogen) atoms. The number of halogens is 2. The fraction of sp³-hybridized carbons (Fsp3) is 0.389. The van der Waals surface area contributed by atoms with Crippen LogP contribution in [0.2, 0.25) is 0 Å². The van der Waals surface area contributed by atoms with E-state index in [4.69, 9.17) is 0 Å². The summed E-state index contributed by atoms with van der Waals surface area (Å²) in [7, 11) is 0. The van der Waals surface area contributed by atoms with E-state index in [1.165, 1.54) is 29.3 Å². The average Bonchev–Trinajstić information content (AvgIpc) is 3.29. The molecule has 1 aliphatic heterocycles. The summed E-state index contributed by atoms with van der Waals surface area (Å²) in [4.78, 5) is 26.4. The Balaban J connectivity index is 1.57. The Hall–Kier alpha value is -2.77. The molecule has 2 amide bonds. The lowest BCUT2D eigenvalue weighted by molar-refractivity contribution is -0.138. The molecule has 4 rings (SSSR count). The van der Waals surface area contributed by atoms with Crippen LogP contribution in [0.25, 0.3) is 0 Å². The van der Waals surface area contributed by atoms with Gasteiger partial charge in [0.25, 0.3) is 11.8 Å². The normalized spacial score (nSPS) is 18.0. The van der Waals surface area contributed by atoms with E-state index in [-0.39, 0.29) is 19.4 Å². The quantitative estimate of drug-likeness (QED) is 0.915. The Kier molecular flexibility index (Phi) is 3.97. The zero-order valence-electron chi connectivity index (χ0n) is 14.0. The maximum absolute atomic E-state index is 14.2. The minimum Gasteiger partial charge on any atom is -0.334 e. The first-order chi connectivity index (χ1) is 12.5. The van der Waals surface area contributed by atoms with Crippen LogP contribution in [0.5, 0.6) is 0 Å². The number of fused-ring (bicyclic) bond motifs is 1. The van der Waals surface area contributed by atoms with Crippen molar-refractivity contribution in [3.63, 3.8) is 0 Å². The van der Waals surface area contributed by atoms with Crippen LogP contribution in [0.15, 0.2) is 30.5 Å². The summed E-state index contributed by atoms with van der Waals surface area (Å²) in [6, 6.07) is 5.59. The van der Waals surface area contributed by atoms with Crippen LogP contribution < -0.4 is 5.32 Å². The van der Waals surface area contributed by atoms with Crippen molar-refractivity contribution in [2.24, 2.45) is 0 Å². The number of hydrogen-bond donors (Lipinski definition) is 1. The van der Waals surface area contributed by atoms with Gasteiger partial charge in [0.15, 0.2) is 5.67 Å². The minimum atomic E-state index is -1.74. The molecule has 2 heterocycles. The van der Waals surface area contributed by atoms with Gasteiger partial charge in [0, 0.05) is 18.8 Å². The molecule has 1 N–H and O–H groups in total. The van der Waals surface area contributed by atoms with Crippen LogP contribution in [0, 0.1) is 5.82 Å². The highest BCUT2D eigenvalue weighted by Crippen LogP contribution is 2.42. The zero-order valence-corrected chi connectivity index (χ0v) is 14.0. The molecule has 2 aromatic rings. The molecule has 1 fully saturated rings. The molecule has 2 aliphatic rings. The topological polar surface area (TPSA) is 67.2 Å². The van der Waals surface area contributed by atoms with Gasteiger partial charge in [-0.1, -0.05) is 6.07 Å². The second-order valence-electron chi connectivity index (χ2n) is 6.74. The molecular weight excluding hydrogens is 342 g/mol. The number of aryl methyl sites for hydroxylation is 1. The summed E-state index contributed by atoms with van der Waals surface area (Å²) in [6.07, 6.45) is 2.59. The number of rotatable bonds is 3. The first kappa shape index (κ1) is 16.7. The summed E-state index contributed by atoms with van der Waals surface area (Å²) < 4.78 is 29.1. The maximum Gasteiger partial charge on any atom is 0.260 e. The van der Waals surface area contributed by atoms with Crippen molar-refractivity contribution in [1.29, 1.82) is 0 Å². The van der Waals surface area contributed by atoms with E-state index >= 15 is 0 Å². The van der Waals surface area contributed by atoms with Crippen LogP contribution in [0.3, 0.4) is 0 Å². The molecule has 0 radical (unpaired) electrons. The van der Waals surface area contributed by atoms with E-state index in [2.05, 4.69) is 10.4 Å². The van der Waals surface area contributed by atoms with Gasteiger partial charge < -0.3 is 10.2 Å². The van der Waals surface area contributed by atoms with E-state index in [9.17, 15) is 18.4 Å². The number of aromatic nitrogens is 2. The van der Waals surface area contributed by atoms with Gasteiger partial charge in [0.2, 0.25) is 0 Å². The van der Waals surface area contributed by atoms with Gasteiger partial charge in [-0.05, 0) is 37.5 Å². The maximum atomic E-state index is 14.2. The summed E-state index contributed by atoms with van der Waals surface area (Å²) in [5.41, 5.74) is -0.539. The van der Waals surface area contributed by atoms with Gasteiger partial charge in [-0.3, -0.25) is 14.3 Å². The molecule has 1 aromatic carbocycles. The predicted octanol–water partition coefficient (Wildman–Crippen LogP) is 2.51. The molecule has 136 valence electrons. The molecule has 0 spiro atoms. The Labute approximate surface area is 148 Å². The number of carbonyl (C=O) groups is 2. The highest BCUT2D eigenvalue weighted by atomic mass is 19.1. The zero-order chi connectivity index (χ0) is 18.3. The molecule has 6 nitrogen and oxygen atoms in total. The Morgan fingerprint density at radius 2 is 2.04 bits per heavy atom. The van der Waals surface area contributed by atoms with E-state index in [1.807, 2.05) is 0 Å². The fourth-order valence-corrected chi connectivity index (χ4v) is 3.18. The minimum absolute atomic E-state index is 0.135. The lowest BCUT2D eigenvalue weighted by Gasteiger charge is -2.22. The number of benzene rings is 1. The highest BCUT2D eigenvalue weighted by Gasteiger charge is 2.53. The molecule has 1 saturated carbocycles. The van der Waals surface area contributed by atoms with Gasteiger partial charge in [0.05, 0.1) is 24.0 Å². The third-order valence-corrected chi connectivity index (χ3v) is 4.77. The first-order valence-electron chi connectivity index (χ1n) is 8.56. The second-order valence-corrected chi connectivity index (χ2v) is 6.74. The number of hydrogen-bond acceptors (Lipinski definition) is 3. The summed E-state index contributed by atoms with van der Waals surface area (Å²) >= 11 is 0. The van der Waals surface area contributed by atoms with Crippen LogP contribution >= 0.6 is 0 Å². The van der Waals surface area contributed by atoms with Crippen molar-refractivity contribution in [2.75, 3.05) is 11.9 Å². The van der Waals surface area contributed by atoms with E-state index in [1.54, 1.807) is 10.7 Å². The van der Waals surface area contributed by atoms with Crippen molar-refractivity contribution < 1.29 is 18.4 Å². The molecule has 0 bridgehead atoms. The molecule has 0 unspecified atom stereocenters. The summed E-state index contributed by atoms with van der Waals surface area (Å²) in [6.45, 7) is 1.11. The first-order valence-corrected chi connectivity index (χ1v) is 8.56. The third-order valence-electron chi connectivity index (χ3n) is 4.77. The van der Waals surface area contributed by atoms with Crippen LogP contribution in [-0.4, -0.2) is 38.7 Å². The Bertz CT molecular complexity index is 876. The summed E-state index contributed by atoms with van der Waals surface area (Å²) in [5.74, 6) is -1.40. The molecule has 1 aromatic heterocycles. The number of nitrogens with one attached hydrogen (secondary N) is 1. The van der Waals surface area contributed by atoms with E-state index < -0.39 is 23.3 Å². The molecule has 0 atom stereocenters. The highest BCUT2D eigenvalue weighted by molar-refractivity contribution is 6.05. The van der Waals surface area contributed by atoms with Crippen LogP contribution in [-0.2, 0) is 17.9 Å². The van der Waals surface area contributed by atoms with Crippen molar-refractivity contribution in [1.82, 2.24) is 14.7 Å². The smallest absolute Gasteiger partial charge is 0.260 e. The van der Waals surface area contributed by atoms with Crippen molar-refractivity contribution in [3.05, 3.63) is 47.5 Å². The molecular formula is C18H18F2N4O2. The summed E-state index contributed by atoms with van der Waals surface area (Å²) in [5, 5.41) is 6.85. The SMILES string of the molecule is O=C(Nc1cccc(F)c1)c1cnn2c1CN(C(=O)C1(F)CC1)CCC2. The standard InChI is InChI=1S/C18H18F2N4O2/c19-12-3-1-4-13(9-12)22-16(25)14-10-21-24-8-2-7-23(11-15(14)24)17(26)18(20)5-6-18/h1,3-4,9-10H,2,5-8,11H2,(H,22,25). The van der Waals surface area contributed by atoms with Crippen molar-refractivity contribution in [2.45, 2.75) is 38.0 Å². The lowest BCUT2D eigenvalue weighted by Crippen LogP contribution is -2.38. The number of anilines is 1. The second kappa shape index (κ2) is 6.19. The van der Waals surface area contributed by atoms with Gasteiger partial charge in [-0.15, -0.1) is 0 Å². The van der Waals surface area contributed by atoms with Gasteiger partial charge in [-0.2, -0.15) is 5.10 Å². The van der Waals surface area contributed by atoms with Gasteiger partial charge in [0.1, 0.15) is 5.82 Å². The van der Waals surface area contributed by atoms with Crippen molar-refractivity contribution >= 4 is 17.5 Å². The van der Waals surface area contributed by atoms with Gasteiger partial charge >= 0.3 is 0 Å². The monoisotopic (exact) mass is 360 g/mol. The average molecular weight is 360 g/mol. The van der Waals surface area contributed by atoms with Crippen molar-refractivity contribution in [3.8, 4) is 0 Å². The van der Waals surface area contributed by atoms with E-state index in [0.29, 0.717) is 36.5 Å². The molecule has 1 aliphatic carbocycles. The fourth-order valence-electron chi connectivity index (χ4n) is 3.18. The number of alkyl halides is 1. The molecule has 8 heteroatoms. The Morgan fingerprint density at radius 3 is 2.77 bits per heavy atom. The number of amides is 2. The largest absolute Gasteiger partial charge is 0.334 e. The van der Waals surface area contributed by atoms with Crippen LogP contribution in [0.4, 0.5) is 14.5 Å². The van der Waals surface area contributed by atoms with E-state index in [0.717, 1.165) is 0 Å². The third kappa shape index (κ3) is 3.07. The van der Waals surface area contributed by atoms with Gasteiger partial charge in [-0.25, -0.2) is 8.78 Å². The lowest BCUT2D eigenvalue weighted by atomic mass is 10.2. The predicted molar refractivity (Wildman–Crippen MR) is 89.7 cm³/mol.